The lowest BCUT2D eigenvalue weighted by molar-refractivity contribution is -0.125. The lowest BCUT2D eigenvalue weighted by Gasteiger charge is -2.30. The molecule has 3 rings (SSSR count). The molecule has 0 saturated carbocycles. The van der Waals surface area contributed by atoms with Crippen molar-refractivity contribution in [3.63, 3.8) is 0 Å². The van der Waals surface area contributed by atoms with Gasteiger partial charge in [-0.15, -0.1) is 0 Å². The minimum atomic E-state index is -0.311. The van der Waals surface area contributed by atoms with Crippen LogP contribution in [-0.4, -0.2) is 41.9 Å². The topological polar surface area (TPSA) is 52.7 Å². The first kappa shape index (κ1) is 14.1. The number of thiophene rings is 1. The molecule has 0 radical (unpaired) electrons. The quantitative estimate of drug-likeness (QED) is 0.928. The van der Waals surface area contributed by atoms with Crippen molar-refractivity contribution in [1.29, 1.82) is 0 Å². The van der Waals surface area contributed by atoms with Gasteiger partial charge in [0.1, 0.15) is 0 Å². The molecule has 1 atom stereocenters. The van der Waals surface area contributed by atoms with Crippen LogP contribution < -0.4 is 5.32 Å². The first-order chi connectivity index (χ1) is 10.1. The molecule has 112 valence electrons. The van der Waals surface area contributed by atoms with E-state index in [-0.39, 0.29) is 18.0 Å². The Labute approximate surface area is 128 Å². The van der Waals surface area contributed by atoms with Crippen LogP contribution in [0.25, 0.3) is 0 Å². The van der Waals surface area contributed by atoms with Crippen molar-refractivity contribution in [1.82, 2.24) is 15.1 Å². The number of nitrogens with zero attached hydrogens (tertiary/aromatic N) is 2. The smallest absolute Gasteiger partial charge is 0.322 e. The second-order valence-corrected chi connectivity index (χ2v) is 6.22. The molecule has 0 spiro atoms. The van der Waals surface area contributed by atoms with Gasteiger partial charge in [0.05, 0.1) is 23.9 Å². The molecule has 2 aliphatic heterocycles. The van der Waals surface area contributed by atoms with Gasteiger partial charge in [-0.3, -0.25) is 9.69 Å². The Bertz CT molecular complexity index is 594. The van der Waals surface area contributed by atoms with Crippen molar-refractivity contribution in [2.24, 2.45) is 0 Å². The highest BCUT2D eigenvalue weighted by molar-refractivity contribution is 7.08. The number of hydrogen-bond acceptors (Lipinski definition) is 3. The molecule has 2 aliphatic rings. The van der Waals surface area contributed by atoms with Gasteiger partial charge in [0.25, 0.3) is 5.91 Å². The monoisotopic (exact) mass is 305 g/mol. The average Bonchev–Trinajstić information content (AvgIpc) is 3.10. The van der Waals surface area contributed by atoms with Crippen molar-refractivity contribution >= 4 is 23.3 Å². The Morgan fingerprint density at radius 3 is 2.90 bits per heavy atom. The van der Waals surface area contributed by atoms with E-state index in [1.165, 1.54) is 0 Å². The molecule has 0 saturated heterocycles. The van der Waals surface area contributed by atoms with Crippen molar-refractivity contribution in [2.45, 2.75) is 25.8 Å². The van der Waals surface area contributed by atoms with E-state index in [9.17, 15) is 9.59 Å². The molecule has 0 fully saturated rings. The largest absolute Gasteiger partial charge is 0.333 e. The van der Waals surface area contributed by atoms with E-state index in [1.54, 1.807) is 23.3 Å². The molecule has 3 heterocycles. The number of likely N-dealkylation sites (N-methyl/N-ethyl adjacent to an activating group) is 1. The van der Waals surface area contributed by atoms with Crippen LogP contribution in [0.15, 0.2) is 28.1 Å². The highest BCUT2D eigenvalue weighted by Crippen LogP contribution is 2.36. The van der Waals surface area contributed by atoms with Crippen molar-refractivity contribution in [3.8, 4) is 0 Å². The molecule has 0 unspecified atom stereocenters. The summed E-state index contributed by atoms with van der Waals surface area (Å²) in [4.78, 5) is 28.2. The van der Waals surface area contributed by atoms with Crippen LogP contribution in [0.4, 0.5) is 4.79 Å². The number of carbonyl (C=O) groups is 2. The van der Waals surface area contributed by atoms with Crippen LogP contribution in [0, 0.1) is 0 Å². The molecule has 0 bridgehead atoms. The highest BCUT2D eigenvalue weighted by atomic mass is 32.1. The first-order valence-corrected chi connectivity index (χ1v) is 8.16. The van der Waals surface area contributed by atoms with E-state index >= 15 is 0 Å². The Morgan fingerprint density at radius 2 is 2.24 bits per heavy atom. The van der Waals surface area contributed by atoms with Crippen LogP contribution in [0.1, 0.15) is 31.4 Å². The predicted molar refractivity (Wildman–Crippen MR) is 81.9 cm³/mol. The van der Waals surface area contributed by atoms with Gasteiger partial charge >= 0.3 is 6.03 Å². The molecule has 5 nitrogen and oxygen atoms in total. The van der Waals surface area contributed by atoms with Gasteiger partial charge in [-0.2, -0.15) is 11.3 Å². The van der Waals surface area contributed by atoms with Crippen LogP contribution in [-0.2, 0) is 4.79 Å². The summed E-state index contributed by atoms with van der Waals surface area (Å²) in [5.41, 5.74) is 2.56. The minimum Gasteiger partial charge on any atom is -0.333 e. The third kappa shape index (κ3) is 2.33. The van der Waals surface area contributed by atoms with E-state index in [1.807, 2.05) is 21.7 Å². The minimum absolute atomic E-state index is 0.0569. The summed E-state index contributed by atoms with van der Waals surface area (Å²) in [6.45, 7) is 3.40. The Kier molecular flexibility index (Phi) is 3.71. The van der Waals surface area contributed by atoms with Crippen LogP contribution in [0.3, 0.4) is 0 Å². The maximum atomic E-state index is 12.7. The van der Waals surface area contributed by atoms with Gasteiger partial charge in [-0.25, -0.2) is 4.79 Å². The van der Waals surface area contributed by atoms with Gasteiger partial charge in [0.15, 0.2) is 0 Å². The first-order valence-electron chi connectivity index (χ1n) is 7.22. The number of urea groups is 1. The van der Waals surface area contributed by atoms with E-state index in [4.69, 9.17) is 0 Å². The molecular formula is C15H19N3O2S. The number of hydrogen-bond donors (Lipinski definition) is 1. The Morgan fingerprint density at radius 1 is 1.43 bits per heavy atom. The van der Waals surface area contributed by atoms with Gasteiger partial charge in [-0.05, 0) is 28.8 Å². The predicted octanol–water partition coefficient (Wildman–Crippen LogP) is 2.34. The number of rotatable bonds is 4. The van der Waals surface area contributed by atoms with E-state index in [2.05, 4.69) is 12.2 Å². The summed E-state index contributed by atoms with van der Waals surface area (Å²) in [5, 5.41) is 6.89. The van der Waals surface area contributed by atoms with Crippen LogP contribution >= 0.6 is 11.3 Å². The molecule has 1 aromatic rings. The van der Waals surface area contributed by atoms with Gasteiger partial charge in [-0.1, -0.05) is 13.3 Å². The SMILES string of the molecule is CCCCN1CC2=C(C1=O)[C@@H](c1ccsc1)NC(=O)N2C. The number of amides is 3. The zero-order chi connectivity index (χ0) is 15.0. The maximum Gasteiger partial charge on any atom is 0.322 e. The van der Waals surface area contributed by atoms with E-state index in [0.29, 0.717) is 6.54 Å². The molecule has 6 heteroatoms. The molecule has 3 amide bonds. The summed E-state index contributed by atoms with van der Waals surface area (Å²) in [7, 11) is 1.73. The molecule has 21 heavy (non-hydrogen) atoms. The zero-order valence-electron chi connectivity index (χ0n) is 12.3. The van der Waals surface area contributed by atoms with Crippen molar-refractivity contribution < 1.29 is 9.59 Å². The van der Waals surface area contributed by atoms with Crippen LogP contribution in [0.2, 0.25) is 0 Å². The summed E-state index contributed by atoms with van der Waals surface area (Å²) in [5.74, 6) is 0.0569. The second-order valence-electron chi connectivity index (χ2n) is 5.44. The third-order valence-corrected chi connectivity index (χ3v) is 4.79. The van der Waals surface area contributed by atoms with Gasteiger partial charge in [0.2, 0.25) is 0 Å². The standard InChI is InChI=1S/C15H19N3O2S/c1-3-4-6-18-8-11-12(14(18)19)13(10-5-7-21-9-10)16-15(20)17(11)2/h5,7,9,13H,3-4,6,8H2,1-2H3,(H,16,20)/t13-/m1/s1. The fourth-order valence-electron chi connectivity index (χ4n) is 2.84. The third-order valence-electron chi connectivity index (χ3n) is 4.09. The molecular weight excluding hydrogens is 286 g/mol. The summed E-state index contributed by atoms with van der Waals surface area (Å²) >= 11 is 1.57. The van der Waals surface area contributed by atoms with Crippen molar-refractivity contribution in [3.05, 3.63) is 33.7 Å². The van der Waals surface area contributed by atoms with Gasteiger partial charge < -0.3 is 10.2 Å². The Balaban J connectivity index is 1.94. The summed E-state index contributed by atoms with van der Waals surface area (Å²) in [6.07, 6.45) is 2.04. The van der Waals surface area contributed by atoms with E-state index in [0.717, 1.165) is 36.2 Å². The molecule has 1 N–H and O–H groups in total. The molecule has 0 aliphatic carbocycles. The molecule has 1 aromatic heterocycles. The average molecular weight is 305 g/mol. The number of nitrogens with one attached hydrogen (secondary N) is 1. The van der Waals surface area contributed by atoms with Crippen LogP contribution in [0.5, 0.6) is 0 Å². The Hall–Kier alpha value is -1.82. The number of carbonyl (C=O) groups excluding carboxylic acids is 2. The molecule has 0 aromatic carbocycles. The van der Waals surface area contributed by atoms with E-state index < -0.39 is 0 Å². The second kappa shape index (κ2) is 5.52. The highest BCUT2D eigenvalue weighted by Gasteiger charge is 2.42. The lowest BCUT2D eigenvalue weighted by atomic mass is 9.98. The van der Waals surface area contributed by atoms with Crippen molar-refractivity contribution in [2.75, 3.05) is 20.1 Å². The number of unbranched alkanes of at least 4 members (excludes halogenated alkanes) is 1. The maximum absolute atomic E-state index is 12.7. The summed E-state index contributed by atoms with van der Waals surface area (Å²) in [6, 6.07) is 1.51. The summed E-state index contributed by atoms with van der Waals surface area (Å²) < 4.78 is 0. The fraction of sp³-hybridized carbons (Fsp3) is 0.467. The lowest BCUT2D eigenvalue weighted by Crippen LogP contribution is -2.45. The normalized spacial score (nSPS) is 21.9. The fourth-order valence-corrected chi connectivity index (χ4v) is 3.53. The zero-order valence-corrected chi connectivity index (χ0v) is 13.1. The van der Waals surface area contributed by atoms with Gasteiger partial charge in [0, 0.05) is 13.6 Å².